The monoisotopic (exact) mass is 366 g/mol. The van der Waals surface area contributed by atoms with E-state index in [1.54, 1.807) is 6.07 Å². The third-order valence-corrected chi connectivity index (χ3v) is 4.57. The van der Waals surface area contributed by atoms with Crippen molar-refractivity contribution in [2.75, 3.05) is 5.32 Å². The molecule has 1 heterocycles. The first-order valence-corrected chi connectivity index (χ1v) is 8.88. The number of benzene rings is 2. The molecule has 0 saturated heterocycles. The molecular formula is C19H18N4O2S. The van der Waals surface area contributed by atoms with Gasteiger partial charge in [0.05, 0.1) is 6.54 Å². The maximum atomic E-state index is 12.2. The standard InChI is InChI=1S/C19H18N4O2S/c1-12-6-8-15(9-7-12)21-18(25)19-23-22-16(26-19)11-20-17(24)14-5-3-4-13(2)10-14/h3-10H,11H2,1-2H3,(H,20,24)(H,21,25). The third kappa shape index (κ3) is 4.52. The van der Waals surface area contributed by atoms with Crippen molar-refractivity contribution in [3.8, 4) is 0 Å². The van der Waals surface area contributed by atoms with Crippen LogP contribution in [0.25, 0.3) is 0 Å². The molecule has 2 amide bonds. The molecular weight excluding hydrogens is 348 g/mol. The second-order valence-corrected chi connectivity index (χ2v) is 6.94. The normalized spacial score (nSPS) is 10.4. The predicted molar refractivity (Wildman–Crippen MR) is 101 cm³/mol. The molecule has 26 heavy (non-hydrogen) atoms. The molecule has 0 saturated carbocycles. The highest BCUT2D eigenvalue weighted by Gasteiger charge is 2.14. The topological polar surface area (TPSA) is 84.0 Å². The van der Waals surface area contributed by atoms with Gasteiger partial charge in [-0.05, 0) is 38.1 Å². The number of aromatic nitrogens is 2. The van der Waals surface area contributed by atoms with Crippen LogP contribution in [0.15, 0.2) is 48.5 Å². The fourth-order valence-corrected chi connectivity index (χ4v) is 2.96. The van der Waals surface area contributed by atoms with E-state index in [1.807, 2.05) is 56.3 Å². The summed E-state index contributed by atoms with van der Waals surface area (Å²) in [4.78, 5) is 24.4. The van der Waals surface area contributed by atoms with E-state index in [1.165, 1.54) is 0 Å². The minimum atomic E-state index is -0.317. The van der Waals surface area contributed by atoms with Crippen LogP contribution in [-0.2, 0) is 6.54 Å². The Hall–Kier alpha value is -3.06. The Morgan fingerprint density at radius 2 is 1.73 bits per heavy atom. The SMILES string of the molecule is Cc1ccc(NC(=O)c2nnc(CNC(=O)c3cccc(C)c3)s2)cc1. The van der Waals surface area contributed by atoms with Crippen molar-refractivity contribution in [3.05, 3.63) is 75.2 Å². The molecule has 2 aromatic carbocycles. The van der Waals surface area contributed by atoms with Gasteiger partial charge in [-0.25, -0.2) is 0 Å². The lowest BCUT2D eigenvalue weighted by Crippen LogP contribution is -2.22. The summed E-state index contributed by atoms with van der Waals surface area (Å²) in [7, 11) is 0. The lowest BCUT2D eigenvalue weighted by molar-refractivity contribution is 0.0949. The second-order valence-electron chi connectivity index (χ2n) is 5.87. The van der Waals surface area contributed by atoms with Gasteiger partial charge in [0.2, 0.25) is 5.01 Å². The number of nitrogens with one attached hydrogen (secondary N) is 2. The smallest absolute Gasteiger partial charge is 0.286 e. The lowest BCUT2D eigenvalue weighted by Gasteiger charge is -2.03. The zero-order chi connectivity index (χ0) is 18.5. The highest BCUT2D eigenvalue weighted by molar-refractivity contribution is 7.13. The Labute approximate surface area is 155 Å². The molecule has 0 unspecified atom stereocenters. The van der Waals surface area contributed by atoms with Gasteiger partial charge >= 0.3 is 0 Å². The Morgan fingerprint density at radius 3 is 2.46 bits per heavy atom. The molecule has 0 radical (unpaired) electrons. The Balaban J connectivity index is 1.58. The van der Waals surface area contributed by atoms with Crippen molar-refractivity contribution in [1.82, 2.24) is 15.5 Å². The van der Waals surface area contributed by atoms with Crippen LogP contribution in [0.1, 0.15) is 36.3 Å². The van der Waals surface area contributed by atoms with Crippen LogP contribution >= 0.6 is 11.3 Å². The molecule has 0 spiro atoms. The van der Waals surface area contributed by atoms with Crippen molar-refractivity contribution in [2.24, 2.45) is 0 Å². The fourth-order valence-electron chi connectivity index (χ4n) is 2.28. The summed E-state index contributed by atoms with van der Waals surface area (Å²) < 4.78 is 0. The van der Waals surface area contributed by atoms with Gasteiger partial charge in [0.1, 0.15) is 5.01 Å². The number of hydrogen-bond acceptors (Lipinski definition) is 5. The van der Waals surface area contributed by atoms with Crippen molar-refractivity contribution in [1.29, 1.82) is 0 Å². The quantitative estimate of drug-likeness (QED) is 0.725. The molecule has 0 fully saturated rings. The molecule has 0 aliphatic heterocycles. The third-order valence-electron chi connectivity index (χ3n) is 3.65. The van der Waals surface area contributed by atoms with Gasteiger partial charge in [0.15, 0.2) is 0 Å². The maximum absolute atomic E-state index is 12.2. The highest BCUT2D eigenvalue weighted by atomic mass is 32.1. The molecule has 0 bridgehead atoms. The molecule has 132 valence electrons. The van der Waals surface area contributed by atoms with Crippen molar-refractivity contribution >= 4 is 28.8 Å². The van der Waals surface area contributed by atoms with Crippen LogP contribution in [0, 0.1) is 13.8 Å². The minimum absolute atomic E-state index is 0.186. The Kier molecular flexibility index (Phi) is 5.38. The lowest BCUT2D eigenvalue weighted by atomic mass is 10.1. The highest BCUT2D eigenvalue weighted by Crippen LogP contribution is 2.14. The molecule has 6 nitrogen and oxygen atoms in total. The number of carbonyl (C=O) groups excluding carboxylic acids is 2. The van der Waals surface area contributed by atoms with Gasteiger partial charge < -0.3 is 10.6 Å². The summed E-state index contributed by atoms with van der Waals surface area (Å²) in [5.41, 5.74) is 3.42. The molecule has 0 aliphatic carbocycles. The zero-order valence-electron chi connectivity index (χ0n) is 14.4. The number of carbonyl (C=O) groups is 2. The summed E-state index contributed by atoms with van der Waals surface area (Å²) in [6, 6.07) is 14.8. The zero-order valence-corrected chi connectivity index (χ0v) is 15.3. The van der Waals surface area contributed by atoms with E-state index in [0.29, 0.717) is 16.3 Å². The number of amides is 2. The molecule has 0 aliphatic rings. The Morgan fingerprint density at radius 1 is 0.962 bits per heavy atom. The second kappa shape index (κ2) is 7.88. The van der Waals surface area contributed by atoms with Gasteiger partial charge in [-0.3, -0.25) is 9.59 Å². The first-order valence-electron chi connectivity index (χ1n) is 8.06. The largest absolute Gasteiger partial charge is 0.345 e. The summed E-state index contributed by atoms with van der Waals surface area (Å²) in [6.07, 6.45) is 0. The summed E-state index contributed by atoms with van der Waals surface area (Å²) in [5, 5.41) is 14.3. The van der Waals surface area contributed by atoms with E-state index < -0.39 is 0 Å². The van der Waals surface area contributed by atoms with Crippen LogP contribution in [0.3, 0.4) is 0 Å². The fraction of sp³-hybridized carbons (Fsp3) is 0.158. The van der Waals surface area contributed by atoms with Crippen LogP contribution in [0.4, 0.5) is 5.69 Å². The van der Waals surface area contributed by atoms with E-state index in [-0.39, 0.29) is 23.4 Å². The predicted octanol–water partition coefficient (Wildman–Crippen LogP) is 3.34. The van der Waals surface area contributed by atoms with Gasteiger partial charge in [0, 0.05) is 11.3 Å². The number of rotatable bonds is 5. The Bertz CT molecular complexity index is 935. The number of anilines is 1. The van der Waals surface area contributed by atoms with E-state index in [4.69, 9.17) is 0 Å². The van der Waals surface area contributed by atoms with E-state index >= 15 is 0 Å². The molecule has 3 aromatic rings. The summed E-state index contributed by atoms with van der Waals surface area (Å²) in [6.45, 7) is 4.14. The molecule has 7 heteroatoms. The number of nitrogens with zero attached hydrogens (tertiary/aromatic N) is 2. The van der Waals surface area contributed by atoms with Crippen LogP contribution < -0.4 is 10.6 Å². The van der Waals surface area contributed by atoms with Gasteiger partial charge in [-0.15, -0.1) is 10.2 Å². The van der Waals surface area contributed by atoms with E-state index in [2.05, 4.69) is 20.8 Å². The van der Waals surface area contributed by atoms with E-state index in [0.717, 1.165) is 22.5 Å². The van der Waals surface area contributed by atoms with E-state index in [9.17, 15) is 9.59 Å². The van der Waals surface area contributed by atoms with Crippen LogP contribution in [0.5, 0.6) is 0 Å². The van der Waals surface area contributed by atoms with Crippen LogP contribution in [0.2, 0.25) is 0 Å². The van der Waals surface area contributed by atoms with Gasteiger partial charge in [-0.2, -0.15) is 0 Å². The number of hydrogen-bond donors (Lipinski definition) is 2. The van der Waals surface area contributed by atoms with Crippen molar-refractivity contribution in [2.45, 2.75) is 20.4 Å². The first kappa shape index (κ1) is 17.8. The van der Waals surface area contributed by atoms with Crippen molar-refractivity contribution in [3.63, 3.8) is 0 Å². The van der Waals surface area contributed by atoms with Gasteiger partial charge in [-0.1, -0.05) is 46.7 Å². The van der Waals surface area contributed by atoms with Crippen LogP contribution in [-0.4, -0.2) is 22.0 Å². The van der Waals surface area contributed by atoms with Gasteiger partial charge in [0.25, 0.3) is 11.8 Å². The maximum Gasteiger partial charge on any atom is 0.286 e. The molecule has 2 N–H and O–H groups in total. The first-order chi connectivity index (χ1) is 12.5. The van der Waals surface area contributed by atoms with Crippen molar-refractivity contribution < 1.29 is 9.59 Å². The molecule has 1 aromatic heterocycles. The number of aryl methyl sites for hydroxylation is 2. The molecule has 0 atom stereocenters. The average Bonchev–Trinajstić information content (AvgIpc) is 3.11. The summed E-state index contributed by atoms with van der Waals surface area (Å²) >= 11 is 1.15. The minimum Gasteiger partial charge on any atom is -0.345 e. The summed E-state index contributed by atoms with van der Waals surface area (Å²) in [5.74, 6) is -0.503. The molecule has 3 rings (SSSR count). The average molecular weight is 366 g/mol.